The predicted octanol–water partition coefficient (Wildman–Crippen LogP) is 1.72. The minimum Gasteiger partial charge on any atom is -0.462 e. The monoisotopic (exact) mass is 324 g/mol. The Kier molecular flexibility index (Phi) is 6.27. The quantitative estimate of drug-likeness (QED) is 0.346. The van der Waals surface area contributed by atoms with Crippen LogP contribution in [0.3, 0.4) is 0 Å². The topological polar surface area (TPSA) is 89.9 Å². The van der Waals surface area contributed by atoms with Gasteiger partial charge in [-0.25, -0.2) is 9.59 Å². The van der Waals surface area contributed by atoms with Crippen LogP contribution < -0.4 is 0 Å². The molecule has 0 saturated carbocycles. The van der Waals surface area contributed by atoms with Crippen molar-refractivity contribution in [3.8, 4) is 0 Å². The van der Waals surface area contributed by atoms with Crippen molar-refractivity contribution >= 4 is 17.7 Å². The summed E-state index contributed by atoms with van der Waals surface area (Å²) in [7, 11) is 0. The van der Waals surface area contributed by atoms with E-state index in [9.17, 15) is 19.5 Å². The van der Waals surface area contributed by atoms with Crippen LogP contribution in [0.25, 0.3) is 0 Å². The average molecular weight is 324 g/mol. The molecule has 0 bridgehead atoms. The van der Waals surface area contributed by atoms with Crippen molar-refractivity contribution in [2.24, 2.45) is 5.41 Å². The molecule has 1 unspecified atom stereocenters. The van der Waals surface area contributed by atoms with Gasteiger partial charge >= 0.3 is 11.9 Å². The zero-order valence-corrected chi connectivity index (χ0v) is 14.3. The van der Waals surface area contributed by atoms with Gasteiger partial charge in [0.1, 0.15) is 5.57 Å². The smallest absolute Gasteiger partial charge is 0.345 e. The van der Waals surface area contributed by atoms with Gasteiger partial charge in [0.15, 0.2) is 5.78 Å². The lowest BCUT2D eigenvalue weighted by molar-refractivity contribution is -0.146. The SMILES string of the molecule is CCOC(=O)C(=CC1=C(C(C)=O)C(O)C(C)(C)C1)C(=O)OCC. The number of aliphatic hydroxyl groups excluding tert-OH is 1. The molecule has 1 N–H and O–H groups in total. The van der Waals surface area contributed by atoms with Crippen LogP contribution in [-0.4, -0.2) is 42.1 Å². The number of esters is 2. The number of ether oxygens (including phenoxy) is 2. The number of Topliss-reactive ketones (excluding diaryl/α,β-unsaturated/α-hetero) is 1. The van der Waals surface area contributed by atoms with Crippen LogP contribution in [-0.2, 0) is 23.9 Å². The number of aliphatic hydroxyl groups is 1. The summed E-state index contributed by atoms with van der Waals surface area (Å²) in [6, 6.07) is 0. The van der Waals surface area contributed by atoms with Gasteiger partial charge in [0.05, 0.1) is 19.3 Å². The van der Waals surface area contributed by atoms with Gasteiger partial charge in [0.2, 0.25) is 0 Å². The predicted molar refractivity (Wildman–Crippen MR) is 83.5 cm³/mol. The van der Waals surface area contributed by atoms with Crippen LogP contribution in [0.2, 0.25) is 0 Å². The molecule has 0 aromatic carbocycles. The van der Waals surface area contributed by atoms with E-state index in [-0.39, 0.29) is 30.1 Å². The molecule has 0 spiro atoms. The zero-order valence-electron chi connectivity index (χ0n) is 14.3. The van der Waals surface area contributed by atoms with Gasteiger partial charge in [0, 0.05) is 5.57 Å². The summed E-state index contributed by atoms with van der Waals surface area (Å²) in [5, 5.41) is 10.3. The Morgan fingerprint density at radius 2 is 1.65 bits per heavy atom. The minimum absolute atomic E-state index is 0.113. The Bertz CT molecular complexity index is 548. The third kappa shape index (κ3) is 4.28. The molecule has 1 aliphatic carbocycles. The summed E-state index contributed by atoms with van der Waals surface area (Å²) in [5.74, 6) is -1.90. The Morgan fingerprint density at radius 3 is 2.04 bits per heavy atom. The Labute approximate surface area is 136 Å². The van der Waals surface area contributed by atoms with E-state index in [1.54, 1.807) is 13.8 Å². The number of carbonyl (C=O) groups excluding carboxylic acids is 3. The van der Waals surface area contributed by atoms with Gasteiger partial charge in [-0.15, -0.1) is 0 Å². The molecular formula is C17H24O6. The molecule has 128 valence electrons. The number of hydrogen-bond acceptors (Lipinski definition) is 6. The summed E-state index contributed by atoms with van der Waals surface area (Å²) < 4.78 is 9.76. The lowest BCUT2D eigenvalue weighted by atomic mass is 9.85. The third-order valence-electron chi connectivity index (χ3n) is 3.69. The number of hydrogen-bond donors (Lipinski definition) is 1. The largest absolute Gasteiger partial charge is 0.462 e. The van der Waals surface area contributed by atoms with E-state index in [0.717, 1.165) is 0 Å². The normalized spacial score (nSPS) is 19.3. The van der Waals surface area contributed by atoms with Crippen molar-refractivity contribution < 1.29 is 29.0 Å². The van der Waals surface area contributed by atoms with Crippen LogP contribution in [0.4, 0.5) is 0 Å². The lowest BCUT2D eigenvalue weighted by Gasteiger charge is -2.23. The van der Waals surface area contributed by atoms with E-state index in [1.165, 1.54) is 13.0 Å². The molecule has 0 heterocycles. The summed E-state index contributed by atoms with van der Waals surface area (Å²) in [4.78, 5) is 35.9. The lowest BCUT2D eigenvalue weighted by Crippen LogP contribution is -2.27. The first-order valence-electron chi connectivity index (χ1n) is 7.63. The fraction of sp³-hybridized carbons (Fsp3) is 0.588. The number of ketones is 1. The second-order valence-corrected chi connectivity index (χ2v) is 6.06. The first-order chi connectivity index (χ1) is 10.7. The van der Waals surface area contributed by atoms with E-state index >= 15 is 0 Å². The number of allylic oxidation sites excluding steroid dienone is 2. The van der Waals surface area contributed by atoms with Gasteiger partial charge in [0.25, 0.3) is 0 Å². The number of rotatable bonds is 6. The van der Waals surface area contributed by atoms with E-state index in [2.05, 4.69) is 0 Å². The van der Waals surface area contributed by atoms with E-state index in [0.29, 0.717) is 12.0 Å². The van der Waals surface area contributed by atoms with Crippen LogP contribution in [0.5, 0.6) is 0 Å². The average Bonchev–Trinajstić information content (AvgIpc) is 2.66. The zero-order chi connectivity index (χ0) is 17.8. The van der Waals surface area contributed by atoms with Gasteiger partial charge in [-0.05, 0) is 44.3 Å². The van der Waals surface area contributed by atoms with Crippen molar-refractivity contribution in [3.05, 3.63) is 22.8 Å². The van der Waals surface area contributed by atoms with Gasteiger partial charge < -0.3 is 14.6 Å². The minimum atomic E-state index is -0.947. The second kappa shape index (κ2) is 7.55. The van der Waals surface area contributed by atoms with Gasteiger partial charge in [-0.2, -0.15) is 0 Å². The van der Waals surface area contributed by atoms with Gasteiger partial charge in [-0.1, -0.05) is 13.8 Å². The number of carbonyl (C=O) groups is 3. The molecule has 1 atom stereocenters. The molecule has 0 radical (unpaired) electrons. The highest BCUT2D eigenvalue weighted by Crippen LogP contribution is 2.42. The third-order valence-corrected chi connectivity index (χ3v) is 3.69. The Hall–Kier alpha value is -1.95. The maximum atomic E-state index is 12.0. The van der Waals surface area contributed by atoms with Crippen molar-refractivity contribution in [1.82, 2.24) is 0 Å². The molecule has 0 aromatic heterocycles. The van der Waals surface area contributed by atoms with Gasteiger partial charge in [-0.3, -0.25) is 4.79 Å². The molecule has 1 rings (SSSR count). The Morgan fingerprint density at radius 1 is 1.17 bits per heavy atom. The Balaban J connectivity index is 3.35. The van der Waals surface area contributed by atoms with E-state index < -0.39 is 23.5 Å². The van der Waals surface area contributed by atoms with Crippen molar-refractivity contribution in [3.63, 3.8) is 0 Å². The molecule has 0 aromatic rings. The molecule has 23 heavy (non-hydrogen) atoms. The molecular weight excluding hydrogens is 300 g/mol. The van der Waals surface area contributed by atoms with Crippen LogP contribution >= 0.6 is 0 Å². The summed E-state index contributed by atoms with van der Waals surface area (Å²) >= 11 is 0. The maximum absolute atomic E-state index is 12.0. The van der Waals surface area contributed by atoms with E-state index in [4.69, 9.17) is 9.47 Å². The molecule has 0 aliphatic heterocycles. The van der Waals surface area contributed by atoms with Crippen molar-refractivity contribution in [1.29, 1.82) is 0 Å². The molecule has 0 amide bonds. The highest BCUT2D eigenvalue weighted by molar-refractivity contribution is 6.14. The maximum Gasteiger partial charge on any atom is 0.345 e. The fourth-order valence-corrected chi connectivity index (χ4v) is 2.59. The van der Waals surface area contributed by atoms with Crippen molar-refractivity contribution in [2.75, 3.05) is 13.2 Å². The summed E-state index contributed by atoms with van der Waals surface area (Å²) in [6.45, 7) is 8.46. The molecule has 6 heteroatoms. The van der Waals surface area contributed by atoms with Crippen LogP contribution in [0.1, 0.15) is 41.0 Å². The molecule has 0 saturated heterocycles. The fourth-order valence-electron chi connectivity index (χ4n) is 2.59. The first kappa shape index (κ1) is 19.1. The van der Waals surface area contributed by atoms with Crippen LogP contribution in [0.15, 0.2) is 22.8 Å². The summed E-state index contributed by atoms with van der Waals surface area (Å²) in [5.41, 5.74) is -0.138. The van der Waals surface area contributed by atoms with E-state index in [1.807, 2.05) is 13.8 Å². The molecule has 1 aliphatic rings. The standard InChI is InChI=1S/C17H24O6/c1-6-22-15(20)12(16(21)23-7-2)8-11-9-17(4,5)14(19)13(11)10(3)18/h8,14,19H,6-7,9H2,1-5H3. The van der Waals surface area contributed by atoms with Crippen LogP contribution in [0, 0.1) is 5.41 Å². The second-order valence-electron chi connectivity index (χ2n) is 6.06. The summed E-state index contributed by atoms with van der Waals surface area (Å²) in [6.07, 6.45) is 0.729. The highest BCUT2D eigenvalue weighted by Gasteiger charge is 2.41. The van der Waals surface area contributed by atoms with Crippen molar-refractivity contribution in [2.45, 2.75) is 47.1 Å². The highest BCUT2D eigenvalue weighted by atomic mass is 16.6. The molecule has 0 fully saturated rings. The molecule has 6 nitrogen and oxygen atoms in total. The first-order valence-corrected chi connectivity index (χ1v) is 7.63.